The predicted molar refractivity (Wildman–Crippen MR) is 54.7 cm³/mol. The van der Waals surface area contributed by atoms with Crippen molar-refractivity contribution in [3.63, 3.8) is 0 Å². The molecule has 2 aromatic heterocycles. The summed E-state index contributed by atoms with van der Waals surface area (Å²) in [5.41, 5.74) is 7.59. The smallest absolute Gasteiger partial charge is 0.125 e. The van der Waals surface area contributed by atoms with Crippen LogP contribution < -0.4 is 11.1 Å². The van der Waals surface area contributed by atoms with E-state index in [1.54, 1.807) is 24.8 Å². The minimum Gasteiger partial charge on any atom is -0.472 e. The summed E-state index contributed by atoms with van der Waals surface area (Å²) in [5.74, 6) is 0.516. The van der Waals surface area contributed by atoms with Gasteiger partial charge in [0.25, 0.3) is 0 Å². The van der Waals surface area contributed by atoms with Gasteiger partial charge in [0.05, 0.1) is 12.5 Å². The minimum absolute atomic E-state index is 0.516. The fourth-order valence-electron chi connectivity index (χ4n) is 1.16. The molecule has 0 saturated carbocycles. The molecular weight excluding hydrogens is 178 g/mol. The van der Waals surface area contributed by atoms with Gasteiger partial charge in [0, 0.05) is 30.1 Å². The van der Waals surface area contributed by atoms with Gasteiger partial charge in [-0.25, -0.2) is 4.98 Å². The van der Waals surface area contributed by atoms with Crippen molar-refractivity contribution in [1.82, 2.24) is 4.98 Å². The average Bonchev–Trinajstić information content (AvgIpc) is 2.67. The van der Waals surface area contributed by atoms with Crippen LogP contribution in [0.5, 0.6) is 0 Å². The molecule has 0 aliphatic heterocycles. The number of rotatable bonds is 3. The topological polar surface area (TPSA) is 64.1 Å². The number of anilines is 2. The van der Waals surface area contributed by atoms with Crippen molar-refractivity contribution < 1.29 is 4.42 Å². The summed E-state index contributed by atoms with van der Waals surface area (Å²) < 4.78 is 4.95. The molecule has 2 heterocycles. The number of nitrogens with zero attached hydrogens (tertiary/aromatic N) is 1. The first-order valence-electron chi connectivity index (χ1n) is 4.31. The molecule has 0 unspecified atom stereocenters. The minimum atomic E-state index is 0.516. The van der Waals surface area contributed by atoms with E-state index in [0.29, 0.717) is 5.82 Å². The molecular formula is C10H11N3O. The Labute approximate surface area is 81.8 Å². The van der Waals surface area contributed by atoms with Gasteiger partial charge >= 0.3 is 0 Å². The summed E-state index contributed by atoms with van der Waals surface area (Å²) in [6.45, 7) is 0.722. The van der Waals surface area contributed by atoms with Crippen LogP contribution in [0, 0.1) is 0 Å². The Morgan fingerprint density at radius 1 is 1.43 bits per heavy atom. The van der Waals surface area contributed by atoms with Crippen molar-refractivity contribution in [3.05, 3.63) is 42.5 Å². The summed E-state index contributed by atoms with van der Waals surface area (Å²) >= 11 is 0. The van der Waals surface area contributed by atoms with E-state index >= 15 is 0 Å². The average molecular weight is 189 g/mol. The highest BCUT2D eigenvalue weighted by molar-refractivity contribution is 5.49. The van der Waals surface area contributed by atoms with E-state index in [1.807, 2.05) is 12.1 Å². The van der Waals surface area contributed by atoms with E-state index in [9.17, 15) is 0 Å². The van der Waals surface area contributed by atoms with Gasteiger partial charge in [0.15, 0.2) is 0 Å². The number of hydrogen-bond acceptors (Lipinski definition) is 4. The van der Waals surface area contributed by atoms with Crippen molar-refractivity contribution in [2.24, 2.45) is 0 Å². The molecule has 0 atom stereocenters. The summed E-state index contributed by atoms with van der Waals surface area (Å²) in [5, 5.41) is 3.21. The molecule has 72 valence electrons. The van der Waals surface area contributed by atoms with Crippen LogP contribution in [0.25, 0.3) is 0 Å². The van der Waals surface area contributed by atoms with Crippen molar-refractivity contribution in [1.29, 1.82) is 0 Å². The lowest BCUT2D eigenvalue weighted by Gasteiger charge is -2.04. The van der Waals surface area contributed by atoms with Gasteiger partial charge in [-0.15, -0.1) is 0 Å². The number of furan rings is 1. The maximum absolute atomic E-state index is 5.54. The first-order chi connectivity index (χ1) is 6.84. The lowest BCUT2D eigenvalue weighted by Crippen LogP contribution is -1.99. The Balaban J connectivity index is 1.98. The van der Waals surface area contributed by atoms with Crippen LogP contribution in [0.15, 0.2) is 41.3 Å². The molecule has 0 saturated heterocycles. The number of hydrogen-bond donors (Lipinski definition) is 2. The molecule has 2 aromatic rings. The molecule has 0 fully saturated rings. The van der Waals surface area contributed by atoms with Gasteiger partial charge in [-0.2, -0.15) is 0 Å². The second-order valence-electron chi connectivity index (χ2n) is 2.95. The van der Waals surface area contributed by atoms with Gasteiger partial charge in [-0.1, -0.05) is 0 Å². The second kappa shape index (κ2) is 3.83. The highest BCUT2D eigenvalue weighted by Crippen LogP contribution is 2.10. The quantitative estimate of drug-likeness (QED) is 0.773. The van der Waals surface area contributed by atoms with E-state index in [4.69, 9.17) is 10.2 Å². The highest BCUT2D eigenvalue weighted by Gasteiger charge is 1.95. The largest absolute Gasteiger partial charge is 0.472 e. The normalized spacial score (nSPS) is 10.0. The van der Waals surface area contributed by atoms with E-state index < -0.39 is 0 Å². The molecule has 0 radical (unpaired) electrons. The molecule has 0 amide bonds. The maximum Gasteiger partial charge on any atom is 0.125 e. The Morgan fingerprint density at radius 2 is 2.36 bits per heavy atom. The molecule has 0 aliphatic carbocycles. The molecule has 0 aliphatic rings. The van der Waals surface area contributed by atoms with Crippen LogP contribution >= 0.6 is 0 Å². The Hall–Kier alpha value is -1.97. The van der Waals surface area contributed by atoms with Crippen molar-refractivity contribution in [2.45, 2.75) is 6.54 Å². The Morgan fingerprint density at radius 3 is 3.07 bits per heavy atom. The zero-order valence-corrected chi connectivity index (χ0v) is 7.60. The van der Waals surface area contributed by atoms with Gasteiger partial charge in [0.2, 0.25) is 0 Å². The zero-order chi connectivity index (χ0) is 9.80. The van der Waals surface area contributed by atoms with Gasteiger partial charge < -0.3 is 15.5 Å². The van der Waals surface area contributed by atoms with Gasteiger partial charge in [-0.3, -0.25) is 0 Å². The lowest BCUT2D eigenvalue weighted by molar-refractivity contribution is 0.564. The van der Waals surface area contributed by atoms with Crippen molar-refractivity contribution in [3.8, 4) is 0 Å². The van der Waals surface area contributed by atoms with Crippen LogP contribution in [0.3, 0.4) is 0 Å². The maximum atomic E-state index is 5.54. The van der Waals surface area contributed by atoms with Crippen molar-refractivity contribution >= 4 is 11.5 Å². The van der Waals surface area contributed by atoms with Crippen LogP contribution in [0.1, 0.15) is 5.56 Å². The van der Waals surface area contributed by atoms with Crippen LogP contribution in [0.4, 0.5) is 11.5 Å². The molecule has 0 aromatic carbocycles. The first-order valence-corrected chi connectivity index (χ1v) is 4.31. The predicted octanol–water partition coefficient (Wildman–Crippen LogP) is 1.87. The Bertz CT molecular complexity index is 398. The molecule has 0 bridgehead atoms. The SMILES string of the molecule is Nc1cc(NCc2ccoc2)ccn1. The summed E-state index contributed by atoms with van der Waals surface area (Å²) in [6.07, 6.45) is 5.03. The molecule has 4 heteroatoms. The van der Waals surface area contributed by atoms with E-state index in [1.165, 1.54) is 0 Å². The number of aromatic nitrogens is 1. The highest BCUT2D eigenvalue weighted by atomic mass is 16.3. The number of nitrogen functional groups attached to an aromatic ring is 1. The third-order valence-electron chi connectivity index (χ3n) is 1.86. The number of pyridine rings is 1. The van der Waals surface area contributed by atoms with E-state index in [0.717, 1.165) is 17.8 Å². The molecule has 3 N–H and O–H groups in total. The van der Waals surface area contributed by atoms with Crippen LogP contribution in [-0.4, -0.2) is 4.98 Å². The van der Waals surface area contributed by atoms with Gasteiger partial charge in [-0.05, 0) is 12.1 Å². The third kappa shape index (κ3) is 2.04. The van der Waals surface area contributed by atoms with E-state index in [-0.39, 0.29) is 0 Å². The molecule has 4 nitrogen and oxygen atoms in total. The van der Waals surface area contributed by atoms with Crippen LogP contribution in [0.2, 0.25) is 0 Å². The molecule has 0 spiro atoms. The van der Waals surface area contributed by atoms with Gasteiger partial charge in [0.1, 0.15) is 5.82 Å². The van der Waals surface area contributed by atoms with E-state index in [2.05, 4.69) is 10.3 Å². The number of nitrogens with one attached hydrogen (secondary N) is 1. The third-order valence-corrected chi connectivity index (χ3v) is 1.86. The monoisotopic (exact) mass is 189 g/mol. The standard InChI is InChI=1S/C10H11N3O/c11-10-5-9(1-3-12-10)13-6-8-2-4-14-7-8/h1-5,7H,6H2,(H3,11,12,13). The van der Waals surface area contributed by atoms with Crippen molar-refractivity contribution in [2.75, 3.05) is 11.1 Å². The zero-order valence-electron chi connectivity index (χ0n) is 7.60. The fraction of sp³-hybridized carbons (Fsp3) is 0.100. The second-order valence-corrected chi connectivity index (χ2v) is 2.95. The summed E-state index contributed by atoms with van der Waals surface area (Å²) in [7, 11) is 0. The molecule has 14 heavy (non-hydrogen) atoms. The lowest BCUT2D eigenvalue weighted by atomic mass is 10.3. The molecule has 2 rings (SSSR count). The Kier molecular flexibility index (Phi) is 2.36. The summed E-state index contributed by atoms with van der Waals surface area (Å²) in [6, 6.07) is 5.58. The summed E-state index contributed by atoms with van der Waals surface area (Å²) in [4.78, 5) is 3.90. The first kappa shape index (κ1) is 8.62. The fourth-order valence-corrected chi connectivity index (χ4v) is 1.16. The van der Waals surface area contributed by atoms with Crippen LogP contribution in [-0.2, 0) is 6.54 Å². The number of nitrogens with two attached hydrogens (primary N) is 1.